The topological polar surface area (TPSA) is 86.3 Å². The standard InChI is InChI=1S/C15H11FN6O2S.C3H6.CH3.Cs/c1-24-13-9(4-5-21-15(13)17-7-19-21)11-6-22(25-16)14-10(11)2-3-12(20-14)18-8-23;1-2-3-1;;/h2-8H,1H3,(H,18,20,23);1-3H2;1H3;/q;;-1;+1. The minimum absolute atomic E-state index is 0. The number of nitrogens with one attached hydrogen (secondary N) is 1. The number of halogens is 1. The van der Waals surface area contributed by atoms with E-state index < -0.39 is 0 Å². The van der Waals surface area contributed by atoms with Gasteiger partial charge in [0.25, 0.3) is 0 Å². The van der Waals surface area contributed by atoms with Gasteiger partial charge in [0.1, 0.15) is 12.1 Å². The SMILES string of the molecule is C1CC1.COc1c(-c2cn(SF)c3nc(NC=O)ccc23)ccn2ncnc12.[CH3-].[Cs+]. The van der Waals surface area contributed by atoms with Crippen molar-refractivity contribution in [3.05, 3.63) is 44.3 Å². The minimum atomic E-state index is 0. The molecule has 0 radical (unpaired) electrons. The Labute approximate surface area is 236 Å². The number of rotatable bonds is 5. The number of hydrogen-bond acceptors (Lipinski definition) is 6. The maximum atomic E-state index is 13.4. The molecule has 1 aliphatic rings. The first-order chi connectivity index (χ1) is 13.8. The Bertz CT molecular complexity index is 1140. The van der Waals surface area contributed by atoms with Crippen LogP contribution >= 0.6 is 12.3 Å². The number of anilines is 1. The number of carbonyl (C=O) groups is 1. The molecule has 4 aromatic rings. The number of ether oxygens (including phenoxy) is 1. The minimum Gasteiger partial charge on any atom is -0.492 e. The normalized spacial score (nSPS) is 11.7. The molecule has 0 bridgehead atoms. The van der Waals surface area contributed by atoms with E-state index >= 15 is 0 Å². The van der Waals surface area contributed by atoms with E-state index in [1.807, 2.05) is 6.07 Å². The van der Waals surface area contributed by atoms with Crippen molar-refractivity contribution < 1.29 is 82.3 Å². The van der Waals surface area contributed by atoms with Crippen LogP contribution in [0, 0.1) is 7.43 Å². The van der Waals surface area contributed by atoms with Crippen LogP contribution < -0.4 is 78.9 Å². The van der Waals surface area contributed by atoms with Crippen molar-refractivity contribution in [2.75, 3.05) is 12.4 Å². The van der Waals surface area contributed by atoms with Crippen LogP contribution in [0.25, 0.3) is 27.8 Å². The first-order valence-corrected chi connectivity index (χ1v) is 9.32. The van der Waals surface area contributed by atoms with Crippen molar-refractivity contribution in [1.29, 1.82) is 0 Å². The van der Waals surface area contributed by atoms with Crippen LogP contribution in [0.3, 0.4) is 0 Å². The van der Waals surface area contributed by atoms with Gasteiger partial charge < -0.3 is 17.5 Å². The van der Waals surface area contributed by atoms with Crippen LogP contribution in [0.2, 0.25) is 0 Å². The number of aromatic nitrogens is 5. The fourth-order valence-corrected chi connectivity index (χ4v) is 3.11. The van der Waals surface area contributed by atoms with Crippen LogP contribution in [-0.2, 0) is 4.79 Å². The van der Waals surface area contributed by atoms with Gasteiger partial charge in [-0.25, -0.2) is 18.5 Å². The summed E-state index contributed by atoms with van der Waals surface area (Å²) in [5.74, 6) is 0.861. The van der Waals surface area contributed by atoms with Crippen LogP contribution in [0.1, 0.15) is 19.3 Å². The van der Waals surface area contributed by atoms with Gasteiger partial charge in [0.2, 0.25) is 6.41 Å². The van der Waals surface area contributed by atoms with E-state index in [4.69, 9.17) is 4.74 Å². The van der Waals surface area contributed by atoms with Gasteiger partial charge in [-0.3, -0.25) is 4.79 Å². The van der Waals surface area contributed by atoms with E-state index in [0.29, 0.717) is 34.7 Å². The second-order valence-corrected chi connectivity index (χ2v) is 6.65. The second-order valence-electron chi connectivity index (χ2n) is 6.12. The monoisotopic (exact) mass is 548 g/mol. The van der Waals surface area contributed by atoms with E-state index in [0.717, 1.165) is 11.1 Å². The molecular weight excluding hydrogens is 528 g/mol. The van der Waals surface area contributed by atoms with Crippen molar-refractivity contribution >= 4 is 41.2 Å². The molecule has 0 saturated heterocycles. The van der Waals surface area contributed by atoms with Gasteiger partial charge in [-0.05, 0) is 18.2 Å². The van der Waals surface area contributed by atoms with Gasteiger partial charge >= 0.3 is 68.9 Å². The quantitative estimate of drug-likeness (QED) is 0.299. The summed E-state index contributed by atoms with van der Waals surface area (Å²) in [6.07, 6.45) is 9.83. The molecule has 0 aromatic carbocycles. The van der Waals surface area contributed by atoms with Crippen molar-refractivity contribution in [2.24, 2.45) is 0 Å². The first-order valence-electron chi connectivity index (χ1n) is 8.65. The third kappa shape index (κ3) is 5.21. The first kappa shape index (κ1) is 25.2. The number of fused-ring (bicyclic) bond motifs is 2. The van der Waals surface area contributed by atoms with Gasteiger partial charge in [0, 0.05) is 28.9 Å². The number of amides is 1. The molecule has 1 fully saturated rings. The van der Waals surface area contributed by atoms with Gasteiger partial charge in [-0.1, -0.05) is 19.3 Å². The van der Waals surface area contributed by atoms with Crippen molar-refractivity contribution in [1.82, 2.24) is 23.6 Å². The molecule has 1 N–H and O–H groups in total. The molecule has 1 amide bonds. The summed E-state index contributed by atoms with van der Waals surface area (Å²) in [6.45, 7) is 0. The second kappa shape index (κ2) is 11.5. The fourth-order valence-electron chi connectivity index (χ4n) is 2.76. The van der Waals surface area contributed by atoms with E-state index in [-0.39, 0.29) is 88.7 Å². The molecule has 4 aromatic heterocycles. The van der Waals surface area contributed by atoms with Crippen LogP contribution in [0.5, 0.6) is 5.75 Å². The number of nitrogens with zero attached hydrogens (tertiary/aromatic N) is 5. The fraction of sp³-hybridized carbons (Fsp3) is 0.211. The van der Waals surface area contributed by atoms with Crippen molar-refractivity contribution in [3.63, 3.8) is 0 Å². The molecule has 5 rings (SSSR count). The van der Waals surface area contributed by atoms with Crippen LogP contribution in [0.15, 0.2) is 36.9 Å². The van der Waals surface area contributed by atoms with E-state index in [2.05, 4.69) is 20.4 Å². The Kier molecular flexibility index (Phi) is 9.66. The van der Waals surface area contributed by atoms with E-state index in [1.165, 1.54) is 29.6 Å². The Hall–Kier alpha value is -1.09. The summed E-state index contributed by atoms with van der Waals surface area (Å²) >= 11 is 0.0234. The zero-order valence-electron chi connectivity index (χ0n) is 17.0. The van der Waals surface area contributed by atoms with Crippen LogP contribution in [-0.4, -0.2) is 37.1 Å². The molecule has 30 heavy (non-hydrogen) atoms. The smallest absolute Gasteiger partial charge is 0.492 e. The third-order valence-corrected chi connectivity index (χ3v) is 4.58. The molecule has 152 valence electrons. The third-order valence-electron chi connectivity index (χ3n) is 4.15. The maximum Gasteiger partial charge on any atom is 1.00 e. The van der Waals surface area contributed by atoms with Gasteiger partial charge in [0.05, 0.1) is 7.11 Å². The predicted molar refractivity (Wildman–Crippen MR) is 112 cm³/mol. The molecule has 1 aliphatic carbocycles. The Morgan fingerprint density at radius 2 is 1.97 bits per heavy atom. The molecule has 1 saturated carbocycles. The largest absolute Gasteiger partial charge is 1.00 e. The van der Waals surface area contributed by atoms with E-state index in [1.54, 1.807) is 36.2 Å². The molecule has 0 spiro atoms. The maximum absolute atomic E-state index is 13.4. The van der Waals surface area contributed by atoms with Gasteiger partial charge in [-0.2, -0.15) is 5.10 Å². The zero-order valence-corrected chi connectivity index (χ0v) is 24.1. The average Bonchev–Trinajstić information content (AvgIpc) is 3.45. The summed E-state index contributed by atoms with van der Waals surface area (Å²) in [5, 5.41) is 7.25. The summed E-state index contributed by atoms with van der Waals surface area (Å²) in [6, 6.07) is 5.24. The van der Waals surface area contributed by atoms with Gasteiger partial charge in [-0.15, -0.1) is 3.89 Å². The number of carbonyl (C=O) groups excluding carboxylic acids is 1. The molecule has 8 nitrogen and oxygen atoms in total. The van der Waals surface area contributed by atoms with Crippen molar-refractivity contribution in [2.45, 2.75) is 19.3 Å². The van der Waals surface area contributed by atoms with E-state index in [9.17, 15) is 8.68 Å². The average molecular weight is 548 g/mol. The molecule has 0 atom stereocenters. The summed E-state index contributed by atoms with van der Waals surface area (Å²) in [5.41, 5.74) is 2.41. The summed E-state index contributed by atoms with van der Waals surface area (Å²) in [7, 11) is 1.54. The number of hydrogen-bond donors (Lipinski definition) is 1. The zero-order chi connectivity index (χ0) is 19.5. The Morgan fingerprint density at radius 3 is 2.60 bits per heavy atom. The van der Waals surface area contributed by atoms with Gasteiger partial charge in [0.15, 0.2) is 29.4 Å². The molecule has 4 heterocycles. The Morgan fingerprint density at radius 1 is 1.20 bits per heavy atom. The number of methoxy groups -OCH3 is 1. The predicted octanol–water partition coefficient (Wildman–Crippen LogP) is 1.33. The number of pyridine rings is 2. The van der Waals surface area contributed by atoms with Crippen LogP contribution in [0.4, 0.5) is 9.70 Å². The summed E-state index contributed by atoms with van der Waals surface area (Å²) < 4.78 is 21.8. The summed E-state index contributed by atoms with van der Waals surface area (Å²) in [4.78, 5) is 19.1. The molecular formula is C19H20CsFN6O2S. The Balaban J connectivity index is 0.000000590. The molecule has 11 heteroatoms. The molecule has 0 unspecified atom stereocenters. The van der Waals surface area contributed by atoms with Crippen molar-refractivity contribution in [3.8, 4) is 16.9 Å². The molecule has 0 aliphatic heterocycles.